The van der Waals surface area contributed by atoms with Gasteiger partial charge in [-0.1, -0.05) is 6.07 Å². The van der Waals surface area contributed by atoms with Crippen molar-refractivity contribution < 1.29 is 8.42 Å². The highest BCUT2D eigenvalue weighted by Gasteiger charge is 2.10. The summed E-state index contributed by atoms with van der Waals surface area (Å²) in [5.74, 6) is 1.16. The van der Waals surface area contributed by atoms with Crippen molar-refractivity contribution >= 4 is 27.5 Å². The normalized spacial score (nSPS) is 11.4. The Bertz CT molecular complexity index is 461. The molecule has 1 aromatic rings. The number of hydrogen-bond acceptors (Lipinski definition) is 4. The first-order valence-electron chi connectivity index (χ1n) is 5.86. The van der Waals surface area contributed by atoms with Crippen molar-refractivity contribution in [3.05, 3.63) is 24.3 Å². The number of unbranched alkanes of at least 4 members (excludes halogenated alkanes) is 1. The van der Waals surface area contributed by atoms with Crippen molar-refractivity contribution in [2.75, 3.05) is 30.9 Å². The van der Waals surface area contributed by atoms with E-state index in [9.17, 15) is 8.42 Å². The largest absolute Gasteiger partial charge is 0.385 e. The Labute approximate surface area is 114 Å². The number of rotatable bonds is 8. The van der Waals surface area contributed by atoms with Crippen LogP contribution in [0.15, 0.2) is 29.2 Å². The third kappa shape index (κ3) is 4.88. The Balaban J connectivity index is 2.55. The van der Waals surface area contributed by atoms with Gasteiger partial charge in [-0.2, -0.15) is 11.8 Å². The Kier molecular flexibility index (Phi) is 6.52. The monoisotopic (exact) mass is 288 g/mol. The van der Waals surface area contributed by atoms with Crippen molar-refractivity contribution in [3.63, 3.8) is 0 Å². The van der Waals surface area contributed by atoms with E-state index in [0.717, 1.165) is 24.4 Å². The average molecular weight is 288 g/mol. The van der Waals surface area contributed by atoms with E-state index in [2.05, 4.69) is 16.3 Å². The van der Waals surface area contributed by atoms with Gasteiger partial charge in [-0.05, 0) is 50.1 Å². The fourth-order valence-electron chi connectivity index (χ4n) is 1.50. The molecule has 6 heteroatoms. The van der Waals surface area contributed by atoms with Crippen LogP contribution < -0.4 is 10.0 Å². The van der Waals surface area contributed by atoms with Crippen LogP contribution in [0.4, 0.5) is 5.69 Å². The van der Waals surface area contributed by atoms with E-state index in [1.807, 2.05) is 17.8 Å². The van der Waals surface area contributed by atoms with Crippen molar-refractivity contribution in [3.8, 4) is 0 Å². The molecule has 0 atom stereocenters. The van der Waals surface area contributed by atoms with E-state index in [-0.39, 0.29) is 0 Å². The second-order valence-corrected chi connectivity index (χ2v) is 6.73. The molecule has 1 aromatic carbocycles. The average Bonchev–Trinajstić information content (AvgIpc) is 2.39. The van der Waals surface area contributed by atoms with Gasteiger partial charge >= 0.3 is 0 Å². The van der Waals surface area contributed by atoms with Crippen LogP contribution in [0.5, 0.6) is 0 Å². The minimum atomic E-state index is -3.35. The molecule has 1 rings (SSSR count). The van der Waals surface area contributed by atoms with Gasteiger partial charge in [0, 0.05) is 12.2 Å². The number of hydrogen-bond donors (Lipinski definition) is 2. The molecule has 0 fully saturated rings. The van der Waals surface area contributed by atoms with Gasteiger partial charge in [-0.25, -0.2) is 13.1 Å². The number of benzene rings is 1. The highest BCUT2D eigenvalue weighted by atomic mass is 32.2. The molecule has 0 bridgehead atoms. The fraction of sp³-hybridized carbons (Fsp3) is 0.500. The predicted molar refractivity (Wildman–Crippen MR) is 78.8 cm³/mol. The number of sulfonamides is 1. The third-order valence-corrected chi connectivity index (χ3v) is 4.63. The molecule has 0 amide bonds. The molecule has 0 aliphatic carbocycles. The molecule has 4 nitrogen and oxygen atoms in total. The van der Waals surface area contributed by atoms with Crippen molar-refractivity contribution in [2.24, 2.45) is 0 Å². The maximum absolute atomic E-state index is 11.6. The fourth-order valence-corrected chi connectivity index (χ4v) is 2.76. The highest BCUT2D eigenvalue weighted by Crippen LogP contribution is 2.15. The number of anilines is 1. The lowest BCUT2D eigenvalue weighted by molar-refractivity contribution is 0.588. The Morgan fingerprint density at radius 3 is 2.72 bits per heavy atom. The lowest BCUT2D eigenvalue weighted by atomic mass is 10.3. The van der Waals surface area contributed by atoms with Gasteiger partial charge in [-0.15, -0.1) is 0 Å². The molecule has 0 unspecified atom stereocenters. The molecule has 2 N–H and O–H groups in total. The van der Waals surface area contributed by atoms with E-state index < -0.39 is 10.0 Å². The quantitative estimate of drug-likeness (QED) is 0.720. The summed E-state index contributed by atoms with van der Waals surface area (Å²) >= 11 is 1.84. The van der Waals surface area contributed by atoms with Gasteiger partial charge < -0.3 is 5.32 Å². The van der Waals surface area contributed by atoms with Crippen LogP contribution >= 0.6 is 11.8 Å². The topological polar surface area (TPSA) is 58.2 Å². The lowest BCUT2D eigenvalue weighted by Gasteiger charge is -2.08. The maximum atomic E-state index is 11.6. The molecule has 0 aliphatic heterocycles. The van der Waals surface area contributed by atoms with E-state index in [4.69, 9.17) is 0 Å². The third-order valence-electron chi connectivity index (χ3n) is 2.52. The van der Waals surface area contributed by atoms with Crippen LogP contribution in [0.1, 0.15) is 12.8 Å². The first kappa shape index (κ1) is 15.3. The molecule has 0 radical (unpaired) electrons. The van der Waals surface area contributed by atoms with E-state index >= 15 is 0 Å². The molecule has 0 saturated carbocycles. The smallest absolute Gasteiger partial charge is 0.240 e. The summed E-state index contributed by atoms with van der Waals surface area (Å²) in [7, 11) is -1.94. The first-order chi connectivity index (χ1) is 8.60. The Morgan fingerprint density at radius 1 is 1.28 bits per heavy atom. The molecule has 0 aliphatic rings. The van der Waals surface area contributed by atoms with Crippen LogP contribution in [-0.4, -0.2) is 34.0 Å². The molecule has 18 heavy (non-hydrogen) atoms. The van der Waals surface area contributed by atoms with E-state index in [1.54, 1.807) is 18.2 Å². The second-order valence-electron chi connectivity index (χ2n) is 3.86. The predicted octanol–water partition coefficient (Wildman–Crippen LogP) is 2.15. The zero-order valence-electron chi connectivity index (χ0n) is 10.8. The summed E-state index contributed by atoms with van der Waals surface area (Å²) in [4.78, 5) is 0.291. The zero-order chi connectivity index (χ0) is 13.4. The van der Waals surface area contributed by atoms with Crippen LogP contribution in [0.3, 0.4) is 0 Å². The SMILES string of the molecule is CNS(=O)(=O)c1cccc(NCCCCSC)c1. The zero-order valence-corrected chi connectivity index (χ0v) is 12.4. The minimum Gasteiger partial charge on any atom is -0.385 e. The van der Waals surface area contributed by atoms with Crippen molar-refractivity contribution in [1.82, 2.24) is 4.72 Å². The number of thioether (sulfide) groups is 1. The summed E-state index contributed by atoms with van der Waals surface area (Å²) in [6, 6.07) is 6.86. The summed E-state index contributed by atoms with van der Waals surface area (Å²) in [5.41, 5.74) is 0.843. The highest BCUT2D eigenvalue weighted by molar-refractivity contribution is 7.98. The maximum Gasteiger partial charge on any atom is 0.240 e. The summed E-state index contributed by atoms with van der Waals surface area (Å²) in [6.07, 6.45) is 4.35. The van der Waals surface area contributed by atoms with Crippen LogP contribution in [0.2, 0.25) is 0 Å². The van der Waals surface area contributed by atoms with E-state index in [0.29, 0.717) is 4.90 Å². The van der Waals surface area contributed by atoms with Crippen LogP contribution in [0.25, 0.3) is 0 Å². The number of nitrogens with one attached hydrogen (secondary N) is 2. The van der Waals surface area contributed by atoms with Gasteiger partial charge in [0.25, 0.3) is 0 Å². The van der Waals surface area contributed by atoms with Gasteiger partial charge in [0.05, 0.1) is 4.90 Å². The standard InChI is InChI=1S/C12H20N2O2S2/c1-13-18(15,16)12-7-5-6-11(10-12)14-8-3-4-9-17-2/h5-7,10,13-14H,3-4,8-9H2,1-2H3. The molecular weight excluding hydrogens is 268 g/mol. The van der Waals surface area contributed by atoms with Gasteiger partial charge in [-0.3, -0.25) is 0 Å². The molecule has 0 spiro atoms. The lowest BCUT2D eigenvalue weighted by Crippen LogP contribution is -2.18. The van der Waals surface area contributed by atoms with Crippen molar-refractivity contribution in [1.29, 1.82) is 0 Å². The molecule has 102 valence electrons. The van der Waals surface area contributed by atoms with Crippen LogP contribution in [0, 0.1) is 0 Å². The van der Waals surface area contributed by atoms with Crippen LogP contribution in [-0.2, 0) is 10.0 Å². The molecular formula is C12H20N2O2S2. The minimum absolute atomic E-state index is 0.291. The Morgan fingerprint density at radius 2 is 2.06 bits per heavy atom. The van der Waals surface area contributed by atoms with Gasteiger partial charge in [0.1, 0.15) is 0 Å². The summed E-state index contributed by atoms with van der Waals surface area (Å²) < 4.78 is 25.6. The first-order valence-corrected chi connectivity index (χ1v) is 8.74. The molecule has 0 aromatic heterocycles. The summed E-state index contributed by atoms with van der Waals surface area (Å²) in [5, 5.41) is 3.24. The summed E-state index contributed by atoms with van der Waals surface area (Å²) in [6.45, 7) is 0.865. The molecule has 0 heterocycles. The van der Waals surface area contributed by atoms with Gasteiger partial charge in [0.2, 0.25) is 10.0 Å². The van der Waals surface area contributed by atoms with E-state index in [1.165, 1.54) is 13.5 Å². The van der Waals surface area contributed by atoms with Crippen molar-refractivity contribution in [2.45, 2.75) is 17.7 Å². The second kappa shape index (κ2) is 7.66. The Hall–Kier alpha value is -0.720. The van der Waals surface area contributed by atoms with Gasteiger partial charge in [0.15, 0.2) is 0 Å². The molecule has 0 saturated heterocycles.